The van der Waals surface area contributed by atoms with E-state index in [0.29, 0.717) is 29.6 Å². The van der Waals surface area contributed by atoms with Crippen LogP contribution in [0.4, 0.5) is 5.69 Å². The van der Waals surface area contributed by atoms with E-state index in [-0.39, 0.29) is 5.91 Å². The standard InChI is InChI=1S/C27H22N4O2/c1-19-28-25(31-15-4-5-16-31)18-27(29-19)33-23-13-11-22(12-14-23)30-26(32)17-21-9-6-8-20-7-2-3-10-24(20)21/h2-16,18H,17H2,1H3,(H,30,32). The average molecular weight is 434 g/mol. The topological polar surface area (TPSA) is 69.0 Å². The zero-order chi connectivity index (χ0) is 22.6. The summed E-state index contributed by atoms with van der Waals surface area (Å²) in [6.07, 6.45) is 4.14. The first-order chi connectivity index (χ1) is 16.1. The second-order valence-electron chi connectivity index (χ2n) is 7.69. The molecule has 0 radical (unpaired) electrons. The first-order valence-electron chi connectivity index (χ1n) is 10.7. The molecule has 0 spiro atoms. The molecule has 2 heterocycles. The van der Waals surface area contributed by atoms with Crippen molar-refractivity contribution in [1.82, 2.24) is 14.5 Å². The lowest BCUT2D eigenvalue weighted by molar-refractivity contribution is -0.115. The highest BCUT2D eigenvalue weighted by Crippen LogP contribution is 2.24. The number of amides is 1. The van der Waals surface area contributed by atoms with E-state index in [1.165, 1.54) is 0 Å². The third-order valence-electron chi connectivity index (χ3n) is 5.26. The van der Waals surface area contributed by atoms with Gasteiger partial charge in [0.25, 0.3) is 0 Å². The molecule has 6 heteroatoms. The van der Waals surface area contributed by atoms with Gasteiger partial charge in [0.15, 0.2) is 0 Å². The molecule has 5 aromatic rings. The molecule has 0 saturated carbocycles. The van der Waals surface area contributed by atoms with Gasteiger partial charge in [-0.25, -0.2) is 4.98 Å². The van der Waals surface area contributed by atoms with Crippen LogP contribution in [-0.2, 0) is 11.2 Å². The van der Waals surface area contributed by atoms with Gasteiger partial charge in [0.2, 0.25) is 11.8 Å². The van der Waals surface area contributed by atoms with Crippen molar-refractivity contribution in [1.29, 1.82) is 0 Å². The molecule has 162 valence electrons. The summed E-state index contributed by atoms with van der Waals surface area (Å²) in [5, 5.41) is 5.18. The van der Waals surface area contributed by atoms with E-state index in [4.69, 9.17) is 4.74 Å². The molecular formula is C27H22N4O2. The minimum atomic E-state index is -0.0668. The molecule has 0 unspecified atom stereocenters. The lowest BCUT2D eigenvalue weighted by atomic mass is 10.0. The molecule has 0 aliphatic heterocycles. The maximum absolute atomic E-state index is 12.6. The minimum absolute atomic E-state index is 0.0668. The quantitative estimate of drug-likeness (QED) is 0.372. The van der Waals surface area contributed by atoms with Crippen LogP contribution in [0.15, 0.2) is 97.3 Å². The summed E-state index contributed by atoms with van der Waals surface area (Å²) < 4.78 is 7.82. The fraction of sp³-hybridized carbons (Fsp3) is 0.0741. The predicted octanol–water partition coefficient (Wildman–Crippen LogP) is 5.70. The van der Waals surface area contributed by atoms with E-state index >= 15 is 0 Å². The minimum Gasteiger partial charge on any atom is -0.439 e. The molecule has 6 nitrogen and oxygen atoms in total. The molecule has 0 aliphatic rings. The zero-order valence-corrected chi connectivity index (χ0v) is 18.1. The molecular weight excluding hydrogens is 412 g/mol. The Bertz CT molecular complexity index is 1410. The number of nitrogens with one attached hydrogen (secondary N) is 1. The monoisotopic (exact) mass is 434 g/mol. The van der Waals surface area contributed by atoms with Crippen LogP contribution in [0.3, 0.4) is 0 Å². The van der Waals surface area contributed by atoms with Gasteiger partial charge < -0.3 is 14.6 Å². The Morgan fingerprint density at radius 3 is 2.48 bits per heavy atom. The molecule has 33 heavy (non-hydrogen) atoms. The number of anilines is 1. The van der Waals surface area contributed by atoms with E-state index < -0.39 is 0 Å². The molecule has 0 bridgehead atoms. The number of fused-ring (bicyclic) bond motifs is 1. The fourth-order valence-electron chi connectivity index (χ4n) is 3.75. The van der Waals surface area contributed by atoms with E-state index in [1.54, 1.807) is 18.2 Å². The van der Waals surface area contributed by atoms with Gasteiger partial charge in [-0.2, -0.15) is 4.98 Å². The Morgan fingerprint density at radius 1 is 0.909 bits per heavy atom. The molecule has 1 amide bonds. The average Bonchev–Trinajstić information content (AvgIpc) is 3.35. The van der Waals surface area contributed by atoms with Gasteiger partial charge in [-0.05, 0) is 59.7 Å². The summed E-state index contributed by atoms with van der Waals surface area (Å²) in [5.41, 5.74) is 1.71. The van der Waals surface area contributed by atoms with Crippen molar-refractivity contribution in [2.75, 3.05) is 5.32 Å². The van der Waals surface area contributed by atoms with Crippen LogP contribution in [0, 0.1) is 6.92 Å². The lowest BCUT2D eigenvalue weighted by Crippen LogP contribution is -2.14. The molecule has 2 aromatic heterocycles. The number of benzene rings is 3. The second kappa shape index (κ2) is 8.96. The molecule has 0 atom stereocenters. The van der Waals surface area contributed by atoms with Crippen molar-refractivity contribution in [2.24, 2.45) is 0 Å². The Morgan fingerprint density at radius 2 is 1.67 bits per heavy atom. The van der Waals surface area contributed by atoms with Gasteiger partial charge in [0.1, 0.15) is 17.4 Å². The van der Waals surface area contributed by atoms with E-state index in [2.05, 4.69) is 27.4 Å². The maximum Gasteiger partial charge on any atom is 0.228 e. The first-order valence-corrected chi connectivity index (χ1v) is 10.7. The normalized spacial score (nSPS) is 10.8. The van der Waals surface area contributed by atoms with Crippen LogP contribution in [0.25, 0.3) is 16.6 Å². The smallest absolute Gasteiger partial charge is 0.228 e. The van der Waals surface area contributed by atoms with Crippen molar-refractivity contribution in [3.63, 3.8) is 0 Å². The fourth-order valence-corrected chi connectivity index (χ4v) is 3.75. The van der Waals surface area contributed by atoms with Crippen molar-refractivity contribution < 1.29 is 9.53 Å². The molecule has 0 aliphatic carbocycles. The van der Waals surface area contributed by atoms with E-state index in [0.717, 1.165) is 22.2 Å². The number of hydrogen-bond acceptors (Lipinski definition) is 4. The van der Waals surface area contributed by atoms with E-state index in [9.17, 15) is 4.79 Å². The van der Waals surface area contributed by atoms with Crippen molar-refractivity contribution in [3.8, 4) is 17.4 Å². The van der Waals surface area contributed by atoms with Crippen LogP contribution in [0.5, 0.6) is 11.6 Å². The summed E-state index contributed by atoms with van der Waals surface area (Å²) >= 11 is 0. The van der Waals surface area contributed by atoms with Crippen molar-refractivity contribution in [3.05, 3.63) is 109 Å². The van der Waals surface area contributed by atoms with Gasteiger partial charge in [-0.3, -0.25) is 4.79 Å². The van der Waals surface area contributed by atoms with Crippen LogP contribution >= 0.6 is 0 Å². The van der Waals surface area contributed by atoms with Gasteiger partial charge >= 0.3 is 0 Å². The second-order valence-corrected chi connectivity index (χ2v) is 7.69. The van der Waals surface area contributed by atoms with Gasteiger partial charge in [0, 0.05) is 24.1 Å². The molecule has 1 N–H and O–H groups in total. The number of aryl methyl sites for hydroxylation is 1. The summed E-state index contributed by atoms with van der Waals surface area (Å²) in [6, 6.07) is 27.0. The Labute approximate surface area is 191 Å². The molecule has 3 aromatic carbocycles. The van der Waals surface area contributed by atoms with Crippen LogP contribution in [0.2, 0.25) is 0 Å². The highest BCUT2D eigenvalue weighted by atomic mass is 16.5. The van der Waals surface area contributed by atoms with Crippen molar-refractivity contribution >= 4 is 22.4 Å². The number of nitrogens with zero attached hydrogens (tertiary/aromatic N) is 3. The molecule has 0 fully saturated rings. The zero-order valence-electron chi connectivity index (χ0n) is 18.1. The Hall–Kier alpha value is -4.45. The molecule has 0 saturated heterocycles. The maximum atomic E-state index is 12.6. The predicted molar refractivity (Wildman–Crippen MR) is 129 cm³/mol. The van der Waals surface area contributed by atoms with Crippen LogP contribution in [0.1, 0.15) is 11.4 Å². The highest BCUT2D eigenvalue weighted by molar-refractivity contribution is 5.96. The summed E-state index contributed by atoms with van der Waals surface area (Å²) in [7, 11) is 0. The van der Waals surface area contributed by atoms with Gasteiger partial charge in [-0.15, -0.1) is 0 Å². The Kier molecular flexibility index (Phi) is 5.55. The third-order valence-corrected chi connectivity index (χ3v) is 5.26. The summed E-state index contributed by atoms with van der Waals surface area (Å²) in [4.78, 5) is 21.4. The Balaban J connectivity index is 1.26. The van der Waals surface area contributed by atoms with Crippen molar-refractivity contribution in [2.45, 2.75) is 13.3 Å². The lowest BCUT2D eigenvalue weighted by Gasteiger charge is -2.10. The van der Waals surface area contributed by atoms with Crippen LogP contribution < -0.4 is 10.1 Å². The summed E-state index contributed by atoms with van der Waals surface area (Å²) in [5.74, 6) is 2.37. The number of rotatable bonds is 6. The largest absolute Gasteiger partial charge is 0.439 e. The first kappa shape index (κ1) is 20.5. The summed E-state index contributed by atoms with van der Waals surface area (Å²) in [6.45, 7) is 1.83. The SMILES string of the molecule is Cc1nc(Oc2ccc(NC(=O)Cc3cccc4ccccc34)cc2)cc(-n2cccc2)n1. The molecule has 5 rings (SSSR count). The van der Waals surface area contributed by atoms with Gasteiger partial charge in [0.05, 0.1) is 6.42 Å². The van der Waals surface area contributed by atoms with E-state index in [1.807, 2.05) is 78.5 Å². The number of aromatic nitrogens is 3. The number of hydrogen-bond donors (Lipinski definition) is 1. The number of ether oxygens (including phenoxy) is 1. The van der Waals surface area contributed by atoms with Crippen LogP contribution in [-0.4, -0.2) is 20.4 Å². The number of carbonyl (C=O) groups excluding carboxylic acids is 1. The van der Waals surface area contributed by atoms with Gasteiger partial charge in [-0.1, -0.05) is 42.5 Å². The third kappa shape index (κ3) is 4.75. The number of carbonyl (C=O) groups is 1. The highest BCUT2D eigenvalue weighted by Gasteiger charge is 2.09.